The van der Waals surface area contributed by atoms with Crippen LogP contribution in [0.2, 0.25) is 0 Å². The van der Waals surface area contributed by atoms with Crippen LogP contribution in [0.5, 0.6) is 0 Å². The molecule has 0 atom stereocenters. The minimum Gasteiger partial charge on any atom is -0.342 e. The fourth-order valence-corrected chi connectivity index (χ4v) is 1.90. The van der Waals surface area contributed by atoms with Gasteiger partial charge in [-0.3, -0.25) is 9.69 Å². The molecule has 3 heteroatoms. The molecule has 1 rings (SSSR count). The van der Waals surface area contributed by atoms with Gasteiger partial charge in [-0.1, -0.05) is 31.2 Å². The monoisotopic (exact) mass is 262 g/mol. The van der Waals surface area contributed by atoms with Crippen LogP contribution in [0, 0.1) is 6.92 Å². The number of rotatable bonds is 6. The molecule has 0 spiro atoms. The van der Waals surface area contributed by atoms with E-state index < -0.39 is 0 Å². The summed E-state index contributed by atoms with van der Waals surface area (Å²) in [6.45, 7) is 10.5. The normalized spacial score (nSPS) is 11.1. The molecular weight excluding hydrogens is 236 g/mol. The Bertz CT molecular complexity index is 415. The van der Waals surface area contributed by atoms with E-state index in [4.69, 9.17) is 0 Å². The first-order valence-electron chi connectivity index (χ1n) is 6.98. The number of carbonyl (C=O) groups excluding carboxylic acids is 1. The van der Waals surface area contributed by atoms with Gasteiger partial charge in [-0.2, -0.15) is 0 Å². The Morgan fingerprint density at radius 1 is 1.26 bits per heavy atom. The molecule has 1 amide bonds. The Kier molecular flexibility index (Phi) is 6.03. The van der Waals surface area contributed by atoms with Gasteiger partial charge in [-0.05, 0) is 38.4 Å². The zero-order valence-electron chi connectivity index (χ0n) is 12.8. The fourth-order valence-electron chi connectivity index (χ4n) is 1.90. The van der Waals surface area contributed by atoms with Gasteiger partial charge in [-0.25, -0.2) is 0 Å². The van der Waals surface area contributed by atoms with Crippen LogP contribution in [0.15, 0.2) is 24.3 Å². The van der Waals surface area contributed by atoms with Crippen LogP contribution in [-0.4, -0.2) is 41.9 Å². The van der Waals surface area contributed by atoms with Gasteiger partial charge in [0.25, 0.3) is 0 Å². The lowest BCUT2D eigenvalue weighted by molar-refractivity contribution is -0.132. The molecule has 106 valence electrons. The number of benzene rings is 1. The Hall–Kier alpha value is -1.35. The summed E-state index contributed by atoms with van der Waals surface area (Å²) in [6.07, 6.45) is 0. The van der Waals surface area contributed by atoms with Crippen molar-refractivity contribution in [3.05, 3.63) is 35.4 Å². The van der Waals surface area contributed by atoms with Crippen LogP contribution >= 0.6 is 0 Å². The Balaban J connectivity index is 2.65. The first-order valence-corrected chi connectivity index (χ1v) is 6.98. The fraction of sp³-hybridized carbons (Fsp3) is 0.562. The molecule has 0 aliphatic heterocycles. The lowest BCUT2D eigenvalue weighted by Gasteiger charge is -2.26. The SMILES string of the molecule is CCN(CC(=O)N(C)C(C)C)Cc1ccccc1C. The smallest absolute Gasteiger partial charge is 0.236 e. The molecule has 0 aliphatic rings. The molecule has 0 aromatic heterocycles. The zero-order valence-corrected chi connectivity index (χ0v) is 12.8. The third-order valence-corrected chi connectivity index (χ3v) is 3.63. The van der Waals surface area contributed by atoms with Crippen molar-refractivity contribution in [1.82, 2.24) is 9.80 Å². The van der Waals surface area contributed by atoms with Gasteiger partial charge in [0.05, 0.1) is 6.54 Å². The van der Waals surface area contributed by atoms with Crippen LogP contribution in [0.1, 0.15) is 31.9 Å². The number of hydrogen-bond acceptors (Lipinski definition) is 2. The summed E-state index contributed by atoms with van der Waals surface area (Å²) in [4.78, 5) is 16.1. The number of likely N-dealkylation sites (N-methyl/N-ethyl adjacent to an activating group) is 2. The average molecular weight is 262 g/mol. The summed E-state index contributed by atoms with van der Waals surface area (Å²) in [6, 6.07) is 8.61. The van der Waals surface area contributed by atoms with Crippen molar-refractivity contribution in [3.8, 4) is 0 Å². The Morgan fingerprint density at radius 2 is 1.89 bits per heavy atom. The summed E-state index contributed by atoms with van der Waals surface area (Å²) < 4.78 is 0. The second-order valence-corrected chi connectivity index (χ2v) is 5.33. The molecule has 0 aliphatic carbocycles. The van der Waals surface area contributed by atoms with E-state index in [2.05, 4.69) is 36.9 Å². The molecule has 19 heavy (non-hydrogen) atoms. The Labute approximate surface area is 117 Å². The molecule has 0 heterocycles. The zero-order chi connectivity index (χ0) is 14.4. The van der Waals surface area contributed by atoms with Crippen LogP contribution in [0.4, 0.5) is 0 Å². The molecule has 1 aromatic carbocycles. The first-order chi connectivity index (χ1) is 8.95. The van der Waals surface area contributed by atoms with Crippen LogP contribution in [0.3, 0.4) is 0 Å². The van der Waals surface area contributed by atoms with E-state index in [0.29, 0.717) is 6.54 Å². The number of carbonyl (C=O) groups is 1. The minimum atomic E-state index is 0.186. The minimum absolute atomic E-state index is 0.186. The van der Waals surface area contributed by atoms with Crippen molar-refractivity contribution >= 4 is 5.91 Å². The van der Waals surface area contributed by atoms with Crippen molar-refractivity contribution in [2.45, 2.75) is 40.3 Å². The van der Waals surface area contributed by atoms with Gasteiger partial charge in [0.2, 0.25) is 5.91 Å². The maximum atomic E-state index is 12.1. The number of amides is 1. The van der Waals surface area contributed by atoms with Crippen molar-refractivity contribution < 1.29 is 4.79 Å². The lowest BCUT2D eigenvalue weighted by atomic mass is 10.1. The predicted molar refractivity (Wildman–Crippen MR) is 80.0 cm³/mol. The van der Waals surface area contributed by atoms with Crippen LogP contribution < -0.4 is 0 Å². The average Bonchev–Trinajstić information content (AvgIpc) is 2.39. The Morgan fingerprint density at radius 3 is 2.42 bits per heavy atom. The predicted octanol–water partition coefficient (Wildman–Crippen LogP) is 2.68. The highest BCUT2D eigenvalue weighted by molar-refractivity contribution is 5.78. The van der Waals surface area contributed by atoms with Gasteiger partial charge >= 0.3 is 0 Å². The van der Waals surface area contributed by atoms with Crippen molar-refractivity contribution in [2.24, 2.45) is 0 Å². The molecule has 3 nitrogen and oxygen atoms in total. The molecule has 0 saturated heterocycles. The maximum absolute atomic E-state index is 12.1. The molecule has 0 bridgehead atoms. The van der Waals surface area contributed by atoms with E-state index in [9.17, 15) is 4.79 Å². The number of nitrogens with zero attached hydrogens (tertiary/aromatic N) is 2. The highest BCUT2D eigenvalue weighted by Crippen LogP contribution is 2.10. The topological polar surface area (TPSA) is 23.6 Å². The maximum Gasteiger partial charge on any atom is 0.236 e. The second-order valence-electron chi connectivity index (χ2n) is 5.33. The first kappa shape index (κ1) is 15.7. The largest absolute Gasteiger partial charge is 0.342 e. The van der Waals surface area contributed by atoms with Gasteiger partial charge < -0.3 is 4.90 Å². The second kappa shape index (κ2) is 7.29. The van der Waals surface area contributed by atoms with E-state index in [0.717, 1.165) is 13.1 Å². The molecule has 0 radical (unpaired) electrons. The van der Waals surface area contributed by atoms with E-state index in [-0.39, 0.29) is 11.9 Å². The summed E-state index contributed by atoms with van der Waals surface area (Å²) >= 11 is 0. The van der Waals surface area contributed by atoms with Gasteiger partial charge in [-0.15, -0.1) is 0 Å². The quantitative estimate of drug-likeness (QED) is 0.787. The number of hydrogen-bond donors (Lipinski definition) is 0. The van der Waals surface area contributed by atoms with E-state index in [1.165, 1.54) is 11.1 Å². The lowest BCUT2D eigenvalue weighted by Crippen LogP contribution is -2.41. The number of aryl methyl sites for hydroxylation is 1. The molecule has 0 unspecified atom stereocenters. The standard InChI is InChI=1S/C16H26N2O/c1-6-18(12-16(19)17(5)13(2)3)11-15-10-8-7-9-14(15)4/h7-10,13H,6,11-12H2,1-5H3. The molecule has 0 fully saturated rings. The molecule has 0 N–H and O–H groups in total. The van der Waals surface area contributed by atoms with Crippen molar-refractivity contribution in [1.29, 1.82) is 0 Å². The summed E-state index contributed by atoms with van der Waals surface area (Å²) in [5, 5.41) is 0. The van der Waals surface area contributed by atoms with Gasteiger partial charge in [0.15, 0.2) is 0 Å². The summed E-state index contributed by atoms with van der Waals surface area (Å²) in [5.74, 6) is 0.186. The van der Waals surface area contributed by atoms with Crippen molar-refractivity contribution in [3.63, 3.8) is 0 Å². The van der Waals surface area contributed by atoms with E-state index in [1.54, 1.807) is 4.90 Å². The van der Waals surface area contributed by atoms with Gasteiger partial charge in [0.1, 0.15) is 0 Å². The highest BCUT2D eigenvalue weighted by atomic mass is 16.2. The molecule has 0 saturated carbocycles. The van der Waals surface area contributed by atoms with E-state index >= 15 is 0 Å². The highest BCUT2D eigenvalue weighted by Gasteiger charge is 2.16. The summed E-state index contributed by atoms with van der Waals surface area (Å²) in [7, 11) is 1.87. The third kappa shape index (κ3) is 4.67. The molecule has 1 aromatic rings. The van der Waals surface area contributed by atoms with Crippen molar-refractivity contribution in [2.75, 3.05) is 20.1 Å². The molecular formula is C16H26N2O. The van der Waals surface area contributed by atoms with Crippen LogP contribution in [-0.2, 0) is 11.3 Å². The van der Waals surface area contributed by atoms with E-state index in [1.807, 2.05) is 27.0 Å². The third-order valence-electron chi connectivity index (χ3n) is 3.63. The summed E-state index contributed by atoms with van der Waals surface area (Å²) in [5.41, 5.74) is 2.58. The van der Waals surface area contributed by atoms with Gasteiger partial charge in [0, 0.05) is 19.6 Å². The van der Waals surface area contributed by atoms with Crippen LogP contribution in [0.25, 0.3) is 0 Å².